The molecule has 0 radical (unpaired) electrons. The number of hydrogen-bond donors (Lipinski definition) is 1. The highest BCUT2D eigenvalue weighted by Crippen LogP contribution is 2.20. The molecule has 20 heavy (non-hydrogen) atoms. The van der Waals surface area contributed by atoms with E-state index in [0.29, 0.717) is 6.54 Å². The number of halogens is 2. The molecule has 1 aromatic heterocycles. The third kappa shape index (κ3) is 2.77. The molecule has 2 rings (SSSR count). The number of nitrogens with two attached hydrogens (primary N) is 1. The quantitative estimate of drug-likeness (QED) is 0.886. The van der Waals surface area contributed by atoms with Gasteiger partial charge in [-0.25, -0.2) is 13.8 Å². The lowest BCUT2D eigenvalue weighted by molar-refractivity contribution is 0.0786. The molecule has 0 aliphatic rings. The first-order valence-corrected chi connectivity index (χ1v) is 6.67. The summed E-state index contributed by atoms with van der Waals surface area (Å²) in [6.07, 6.45) is 0. The van der Waals surface area contributed by atoms with E-state index in [2.05, 4.69) is 4.98 Å². The number of aryl methyl sites for hydroxylation is 1. The average Bonchev–Trinajstić information content (AvgIpc) is 2.78. The van der Waals surface area contributed by atoms with Gasteiger partial charge in [0.1, 0.15) is 0 Å². The van der Waals surface area contributed by atoms with Crippen molar-refractivity contribution in [2.45, 2.75) is 13.5 Å². The maximum Gasteiger partial charge on any atom is 0.256 e. The minimum atomic E-state index is -1.09. The van der Waals surface area contributed by atoms with Crippen LogP contribution in [0.5, 0.6) is 0 Å². The molecule has 7 heteroatoms. The second kappa shape index (κ2) is 5.54. The number of benzene rings is 1. The SMILES string of the molecule is Cc1ncsc1CN(C)C(=O)c1cc(F)c(F)cc1N. The second-order valence-corrected chi connectivity index (χ2v) is 5.32. The molecule has 0 bridgehead atoms. The van der Waals surface area contributed by atoms with Gasteiger partial charge >= 0.3 is 0 Å². The maximum absolute atomic E-state index is 13.2. The standard InChI is InChI=1S/C13H13F2N3OS/c1-7-12(20-6-17-7)5-18(2)13(19)8-3-9(14)10(15)4-11(8)16/h3-4,6H,5,16H2,1-2H3. The van der Waals surface area contributed by atoms with Crippen LogP contribution in [0.1, 0.15) is 20.9 Å². The van der Waals surface area contributed by atoms with E-state index in [1.807, 2.05) is 6.92 Å². The molecule has 0 aliphatic heterocycles. The Kier molecular flexibility index (Phi) is 3.99. The summed E-state index contributed by atoms with van der Waals surface area (Å²) in [6.45, 7) is 2.18. The Morgan fingerprint density at radius 3 is 2.65 bits per heavy atom. The number of amides is 1. The summed E-state index contributed by atoms with van der Waals surface area (Å²) in [7, 11) is 1.57. The number of hydrogen-bond acceptors (Lipinski definition) is 4. The Hall–Kier alpha value is -2.02. The van der Waals surface area contributed by atoms with Crippen molar-refractivity contribution >= 4 is 22.9 Å². The van der Waals surface area contributed by atoms with Crippen molar-refractivity contribution < 1.29 is 13.6 Å². The molecule has 2 N–H and O–H groups in total. The van der Waals surface area contributed by atoms with Gasteiger partial charge < -0.3 is 10.6 Å². The number of carbonyl (C=O) groups is 1. The molecule has 0 unspecified atom stereocenters. The van der Waals surface area contributed by atoms with Crippen molar-refractivity contribution in [2.75, 3.05) is 12.8 Å². The van der Waals surface area contributed by atoms with Gasteiger partial charge in [0.25, 0.3) is 5.91 Å². The molecule has 0 spiro atoms. The van der Waals surface area contributed by atoms with Crippen LogP contribution in [-0.4, -0.2) is 22.8 Å². The summed E-state index contributed by atoms with van der Waals surface area (Å²) < 4.78 is 26.2. The van der Waals surface area contributed by atoms with E-state index < -0.39 is 17.5 Å². The van der Waals surface area contributed by atoms with Gasteiger partial charge in [-0.2, -0.15) is 0 Å². The van der Waals surface area contributed by atoms with Gasteiger partial charge in [0, 0.05) is 23.7 Å². The van der Waals surface area contributed by atoms with Crippen LogP contribution in [0.2, 0.25) is 0 Å². The first kappa shape index (κ1) is 14.4. The van der Waals surface area contributed by atoms with Gasteiger partial charge in [0.05, 0.1) is 23.3 Å². The third-order valence-corrected chi connectivity index (χ3v) is 3.82. The Labute approximate surface area is 118 Å². The number of rotatable bonds is 3. The van der Waals surface area contributed by atoms with E-state index in [9.17, 15) is 13.6 Å². The molecule has 0 fully saturated rings. The van der Waals surface area contributed by atoms with E-state index in [-0.39, 0.29) is 11.3 Å². The Bertz CT molecular complexity index is 657. The fourth-order valence-corrected chi connectivity index (χ4v) is 2.55. The molecule has 2 aromatic rings. The van der Waals surface area contributed by atoms with Gasteiger partial charge in [0.2, 0.25) is 0 Å². The van der Waals surface area contributed by atoms with Crippen molar-refractivity contribution in [1.29, 1.82) is 0 Å². The van der Waals surface area contributed by atoms with Crippen LogP contribution < -0.4 is 5.73 Å². The summed E-state index contributed by atoms with van der Waals surface area (Å²) >= 11 is 1.43. The van der Waals surface area contributed by atoms with Gasteiger partial charge in [0.15, 0.2) is 11.6 Å². The van der Waals surface area contributed by atoms with E-state index >= 15 is 0 Å². The largest absolute Gasteiger partial charge is 0.398 e. The fraction of sp³-hybridized carbons (Fsp3) is 0.231. The second-order valence-electron chi connectivity index (χ2n) is 4.38. The first-order valence-electron chi connectivity index (χ1n) is 5.79. The number of nitrogens with zero attached hydrogens (tertiary/aromatic N) is 2. The highest BCUT2D eigenvalue weighted by Gasteiger charge is 2.19. The number of anilines is 1. The minimum Gasteiger partial charge on any atom is -0.398 e. The molecule has 1 amide bonds. The molecule has 1 aromatic carbocycles. The molecule has 1 heterocycles. The zero-order chi connectivity index (χ0) is 14.9. The van der Waals surface area contributed by atoms with Crippen LogP contribution in [-0.2, 0) is 6.54 Å². The normalized spacial score (nSPS) is 10.6. The number of nitrogen functional groups attached to an aromatic ring is 1. The highest BCUT2D eigenvalue weighted by molar-refractivity contribution is 7.09. The molecule has 0 saturated heterocycles. The van der Waals surface area contributed by atoms with Crippen molar-refractivity contribution in [2.24, 2.45) is 0 Å². The van der Waals surface area contributed by atoms with Crippen LogP contribution in [0.25, 0.3) is 0 Å². The van der Waals surface area contributed by atoms with Crippen molar-refractivity contribution in [3.05, 3.63) is 45.4 Å². The molecule has 106 valence electrons. The van der Waals surface area contributed by atoms with Crippen molar-refractivity contribution in [1.82, 2.24) is 9.88 Å². The van der Waals surface area contributed by atoms with Crippen LogP contribution in [0.4, 0.5) is 14.5 Å². The smallest absolute Gasteiger partial charge is 0.256 e. The number of aromatic nitrogens is 1. The van der Waals surface area contributed by atoms with Gasteiger partial charge in [-0.15, -0.1) is 11.3 Å². The lowest BCUT2D eigenvalue weighted by atomic mass is 10.1. The Balaban J connectivity index is 2.23. The van der Waals surface area contributed by atoms with Crippen LogP contribution in [0, 0.1) is 18.6 Å². The van der Waals surface area contributed by atoms with E-state index in [4.69, 9.17) is 5.73 Å². The molecule has 4 nitrogen and oxygen atoms in total. The van der Waals surface area contributed by atoms with Crippen LogP contribution in [0.15, 0.2) is 17.6 Å². The van der Waals surface area contributed by atoms with Crippen molar-refractivity contribution in [3.8, 4) is 0 Å². The predicted molar refractivity (Wildman–Crippen MR) is 73.4 cm³/mol. The lowest BCUT2D eigenvalue weighted by Crippen LogP contribution is -2.27. The fourth-order valence-electron chi connectivity index (χ4n) is 1.72. The Morgan fingerprint density at radius 2 is 2.05 bits per heavy atom. The third-order valence-electron chi connectivity index (χ3n) is 2.90. The summed E-state index contributed by atoms with van der Waals surface area (Å²) in [6, 6.07) is 1.64. The number of thiazole rings is 1. The van der Waals surface area contributed by atoms with Crippen molar-refractivity contribution in [3.63, 3.8) is 0 Å². The maximum atomic E-state index is 13.2. The highest BCUT2D eigenvalue weighted by atomic mass is 32.1. The molecular weight excluding hydrogens is 284 g/mol. The topological polar surface area (TPSA) is 59.2 Å². The predicted octanol–water partition coefficient (Wildman–Crippen LogP) is 2.58. The molecular formula is C13H13F2N3OS. The molecule has 0 atom stereocenters. The molecule has 0 saturated carbocycles. The molecule has 0 aliphatic carbocycles. The van der Waals surface area contributed by atoms with Crippen LogP contribution >= 0.6 is 11.3 Å². The number of carbonyl (C=O) groups excluding carboxylic acids is 1. The van der Waals surface area contributed by atoms with E-state index in [1.54, 1.807) is 12.6 Å². The van der Waals surface area contributed by atoms with Gasteiger partial charge in [-0.3, -0.25) is 4.79 Å². The average molecular weight is 297 g/mol. The monoisotopic (exact) mass is 297 g/mol. The van der Waals surface area contributed by atoms with E-state index in [1.165, 1.54) is 16.2 Å². The Morgan fingerprint density at radius 1 is 1.40 bits per heavy atom. The van der Waals surface area contributed by atoms with Gasteiger partial charge in [-0.05, 0) is 13.0 Å². The summed E-state index contributed by atoms with van der Waals surface area (Å²) in [5, 5.41) is 0. The summed E-state index contributed by atoms with van der Waals surface area (Å²) in [5.74, 6) is -2.63. The van der Waals surface area contributed by atoms with E-state index in [0.717, 1.165) is 22.7 Å². The lowest BCUT2D eigenvalue weighted by Gasteiger charge is -2.17. The summed E-state index contributed by atoms with van der Waals surface area (Å²) in [5.41, 5.74) is 7.97. The zero-order valence-electron chi connectivity index (χ0n) is 11.0. The van der Waals surface area contributed by atoms with Gasteiger partial charge in [-0.1, -0.05) is 0 Å². The zero-order valence-corrected chi connectivity index (χ0v) is 11.8. The first-order chi connectivity index (χ1) is 9.40. The minimum absolute atomic E-state index is 0.0476. The van der Waals surface area contributed by atoms with Crippen LogP contribution in [0.3, 0.4) is 0 Å². The summed E-state index contributed by atoms with van der Waals surface area (Å²) in [4.78, 5) is 18.6.